The summed E-state index contributed by atoms with van der Waals surface area (Å²) in [7, 11) is 0. The third kappa shape index (κ3) is 1.99. The second-order valence-corrected chi connectivity index (χ2v) is 4.17. The van der Waals surface area contributed by atoms with Crippen LogP contribution in [-0.2, 0) is 0 Å². The van der Waals surface area contributed by atoms with Crippen molar-refractivity contribution in [2.75, 3.05) is 0 Å². The molecule has 94 valence electrons. The van der Waals surface area contributed by atoms with Crippen LogP contribution < -0.4 is 0 Å². The highest BCUT2D eigenvalue weighted by Crippen LogP contribution is 2.20. The zero-order valence-electron chi connectivity index (χ0n) is 10.3. The zero-order valence-corrected chi connectivity index (χ0v) is 10.3. The maximum atomic E-state index is 12.3. The van der Waals surface area contributed by atoms with Crippen LogP contribution in [0.15, 0.2) is 49.2 Å². The Bertz CT molecular complexity index is 837. The number of fused-ring (bicyclic) bond motifs is 1. The molecule has 2 aromatic heterocycles. The Morgan fingerprint density at radius 1 is 1.15 bits per heavy atom. The van der Waals surface area contributed by atoms with Crippen molar-refractivity contribution in [3.8, 4) is 6.07 Å². The molecule has 0 saturated heterocycles. The van der Waals surface area contributed by atoms with Gasteiger partial charge in [-0.1, -0.05) is 6.07 Å². The van der Waals surface area contributed by atoms with Crippen molar-refractivity contribution < 1.29 is 4.79 Å². The van der Waals surface area contributed by atoms with Gasteiger partial charge in [0.2, 0.25) is 0 Å². The molecule has 3 rings (SSSR count). The molecule has 0 aliphatic carbocycles. The number of benzene rings is 1. The molecule has 0 spiro atoms. The van der Waals surface area contributed by atoms with Gasteiger partial charge >= 0.3 is 0 Å². The molecule has 0 aliphatic heterocycles. The average molecular weight is 260 g/mol. The van der Waals surface area contributed by atoms with Crippen molar-refractivity contribution >= 4 is 16.7 Å². The molecule has 0 N–H and O–H groups in total. The molecular weight excluding hydrogens is 252 g/mol. The lowest BCUT2D eigenvalue weighted by Gasteiger charge is -2.04. The van der Waals surface area contributed by atoms with E-state index in [2.05, 4.69) is 21.0 Å². The van der Waals surface area contributed by atoms with Crippen LogP contribution >= 0.6 is 0 Å². The maximum Gasteiger partial charge on any atom is 0.196 e. The molecule has 0 unspecified atom stereocenters. The van der Waals surface area contributed by atoms with Crippen molar-refractivity contribution in [1.82, 2.24) is 15.0 Å². The summed E-state index contributed by atoms with van der Waals surface area (Å²) in [5.74, 6) is -0.215. The molecule has 0 aliphatic rings. The first-order valence-corrected chi connectivity index (χ1v) is 5.88. The van der Waals surface area contributed by atoms with Crippen LogP contribution in [0, 0.1) is 11.3 Å². The first kappa shape index (κ1) is 11.9. The van der Waals surface area contributed by atoms with Crippen molar-refractivity contribution in [1.29, 1.82) is 5.26 Å². The first-order valence-electron chi connectivity index (χ1n) is 5.88. The molecule has 0 bridgehead atoms. The molecule has 5 nitrogen and oxygen atoms in total. The van der Waals surface area contributed by atoms with Crippen molar-refractivity contribution in [3.63, 3.8) is 0 Å². The van der Waals surface area contributed by atoms with Crippen molar-refractivity contribution in [2.24, 2.45) is 0 Å². The Morgan fingerprint density at radius 2 is 1.95 bits per heavy atom. The quantitative estimate of drug-likeness (QED) is 0.659. The van der Waals surface area contributed by atoms with E-state index in [1.165, 1.54) is 18.7 Å². The van der Waals surface area contributed by atoms with Crippen molar-refractivity contribution in [3.05, 3.63) is 65.9 Å². The van der Waals surface area contributed by atoms with Gasteiger partial charge in [-0.15, -0.1) is 0 Å². The Hall–Kier alpha value is -3.13. The van der Waals surface area contributed by atoms with E-state index in [0.717, 1.165) is 5.39 Å². The molecule has 20 heavy (non-hydrogen) atoms. The Kier molecular flexibility index (Phi) is 2.90. The zero-order chi connectivity index (χ0) is 13.9. The maximum absolute atomic E-state index is 12.3. The van der Waals surface area contributed by atoms with Gasteiger partial charge in [-0.2, -0.15) is 5.26 Å². The number of hydrogen-bond donors (Lipinski definition) is 0. The van der Waals surface area contributed by atoms with Crippen LogP contribution in [-0.4, -0.2) is 20.7 Å². The molecule has 0 fully saturated rings. The normalized spacial score (nSPS) is 10.2. The Balaban J connectivity index is 2.18. The van der Waals surface area contributed by atoms with Crippen LogP contribution in [0.25, 0.3) is 10.9 Å². The highest BCUT2D eigenvalue weighted by atomic mass is 16.1. The summed E-state index contributed by atoms with van der Waals surface area (Å²) in [6, 6.07) is 8.93. The van der Waals surface area contributed by atoms with E-state index >= 15 is 0 Å². The molecule has 3 aromatic rings. The number of nitriles is 1. The standard InChI is InChI=1S/C15H8N4O/c16-6-12-5-11(4-10-2-1-3-19-14(10)12)15(20)13-7-17-9-18-8-13/h1-5,7-9H. The number of nitrogens with zero attached hydrogens (tertiary/aromatic N) is 4. The largest absolute Gasteiger partial charge is 0.288 e. The lowest BCUT2D eigenvalue weighted by Crippen LogP contribution is -2.03. The van der Waals surface area contributed by atoms with Gasteiger partial charge in [0.05, 0.1) is 16.6 Å². The Labute approximate surface area is 114 Å². The van der Waals surface area contributed by atoms with E-state index in [-0.39, 0.29) is 5.78 Å². The fraction of sp³-hybridized carbons (Fsp3) is 0. The van der Waals surface area contributed by atoms with Gasteiger partial charge in [-0.25, -0.2) is 9.97 Å². The summed E-state index contributed by atoms with van der Waals surface area (Å²) >= 11 is 0. The molecule has 0 atom stereocenters. The summed E-state index contributed by atoms with van der Waals surface area (Å²) in [5, 5.41) is 9.94. The molecule has 0 saturated carbocycles. The number of hydrogen-bond acceptors (Lipinski definition) is 5. The fourth-order valence-corrected chi connectivity index (χ4v) is 1.99. The first-order chi connectivity index (χ1) is 9.79. The highest BCUT2D eigenvalue weighted by molar-refractivity contribution is 6.10. The predicted octanol–water partition coefficient (Wildman–Crippen LogP) is 2.13. The predicted molar refractivity (Wildman–Crippen MR) is 71.9 cm³/mol. The minimum atomic E-state index is -0.215. The van der Waals surface area contributed by atoms with E-state index in [9.17, 15) is 10.1 Å². The molecule has 2 heterocycles. The third-order valence-electron chi connectivity index (χ3n) is 2.91. The molecule has 1 aromatic carbocycles. The number of carbonyl (C=O) groups is 1. The topological polar surface area (TPSA) is 79.5 Å². The van der Waals surface area contributed by atoms with Crippen LogP contribution in [0.4, 0.5) is 0 Å². The van der Waals surface area contributed by atoms with E-state index in [4.69, 9.17) is 0 Å². The molecule has 0 amide bonds. The summed E-state index contributed by atoms with van der Waals surface area (Å²) in [5.41, 5.74) is 1.79. The minimum absolute atomic E-state index is 0.215. The number of pyridine rings is 1. The van der Waals surface area contributed by atoms with Crippen LogP contribution in [0.3, 0.4) is 0 Å². The van der Waals surface area contributed by atoms with E-state index in [1.807, 2.05) is 6.07 Å². The summed E-state index contributed by atoms with van der Waals surface area (Å²) in [6.07, 6.45) is 5.89. The van der Waals surface area contributed by atoms with Crippen LogP contribution in [0.2, 0.25) is 0 Å². The number of aromatic nitrogens is 3. The Morgan fingerprint density at radius 3 is 2.70 bits per heavy atom. The SMILES string of the molecule is N#Cc1cc(C(=O)c2cncnc2)cc2cccnc12. The molecule has 5 heteroatoms. The van der Waals surface area contributed by atoms with E-state index in [1.54, 1.807) is 24.4 Å². The number of ketones is 1. The van der Waals surface area contributed by atoms with E-state index in [0.29, 0.717) is 22.2 Å². The van der Waals surface area contributed by atoms with Crippen LogP contribution in [0.5, 0.6) is 0 Å². The van der Waals surface area contributed by atoms with Crippen molar-refractivity contribution in [2.45, 2.75) is 0 Å². The third-order valence-corrected chi connectivity index (χ3v) is 2.91. The van der Waals surface area contributed by atoms with Gasteiger partial charge in [0, 0.05) is 29.5 Å². The van der Waals surface area contributed by atoms with Gasteiger partial charge in [-0.3, -0.25) is 9.78 Å². The smallest absolute Gasteiger partial charge is 0.196 e. The monoisotopic (exact) mass is 260 g/mol. The fourth-order valence-electron chi connectivity index (χ4n) is 1.99. The second-order valence-electron chi connectivity index (χ2n) is 4.17. The lowest BCUT2D eigenvalue weighted by atomic mass is 10.0. The number of rotatable bonds is 2. The molecule has 0 radical (unpaired) electrons. The highest BCUT2D eigenvalue weighted by Gasteiger charge is 2.13. The summed E-state index contributed by atoms with van der Waals surface area (Å²) < 4.78 is 0. The van der Waals surface area contributed by atoms with Gasteiger partial charge in [0.25, 0.3) is 0 Å². The molecular formula is C15H8N4O. The number of carbonyl (C=O) groups excluding carboxylic acids is 1. The van der Waals surface area contributed by atoms with Gasteiger partial charge in [-0.05, 0) is 18.2 Å². The van der Waals surface area contributed by atoms with E-state index < -0.39 is 0 Å². The van der Waals surface area contributed by atoms with Gasteiger partial charge in [0.15, 0.2) is 5.78 Å². The minimum Gasteiger partial charge on any atom is -0.288 e. The average Bonchev–Trinajstić information content (AvgIpc) is 2.54. The van der Waals surface area contributed by atoms with Gasteiger partial charge < -0.3 is 0 Å². The second kappa shape index (κ2) is 4.86. The van der Waals surface area contributed by atoms with Gasteiger partial charge in [0.1, 0.15) is 12.4 Å². The summed E-state index contributed by atoms with van der Waals surface area (Å²) in [6.45, 7) is 0. The van der Waals surface area contributed by atoms with Crippen LogP contribution in [0.1, 0.15) is 21.5 Å². The lowest BCUT2D eigenvalue weighted by molar-refractivity contribution is 0.103. The summed E-state index contributed by atoms with van der Waals surface area (Å²) in [4.78, 5) is 24.2.